The van der Waals surface area contributed by atoms with Crippen molar-refractivity contribution in [2.45, 2.75) is 12.8 Å². The van der Waals surface area contributed by atoms with Gasteiger partial charge in [0, 0.05) is 12.7 Å². The summed E-state index contributed by atoms with van der Waals surface area (Å²) in [4.78, 5) is 15.9. The molecule has 0 bridgehead atoms. The highest BCUT2D eigenvalue weighted by Crippen LogP contribution is 2.15. The van der Waals surface area contributed by atoms with Gasteiger partial charge in [0.25, 0.3) is 0 Å². The van der Waals surface area contributed by atoms with E-state index in [0.717, 1.165) is 19.4 Å². The molecule has 0 spiro atoms. The maximum Gasteiger partial charge on any atom is 0.229 e. The minimum atomic E-state index is -0.0626. The van der Waals surface area contributed by atoms with Crippen molar-refractivity contribution >= 4 is 11.7 Å². The summed E-state index contributed by atoms with van der Waals surface area (Å²) in [5.41, 5.74) is 0.393. The summed E-state index contributed by atoms with van der Waals surface area (Å²) in [6.07, 6.45) is 3.45. The third-order valence-corrected chi connectivity index (χ3v) is 2.84. The summed E-state index contributed by atoms with van der Waals surface area (Å²) in [5.74, 6) is 0.260. The first-order chi connectivity index (χ1) is 8.31. The monoisotopic (exact) mass is 230 g/mol. The van der Waals surface area contributed by atoms with E-state index in [0.29, 0.717) is 17.9 Å². The SMILES string of the molecule is N#Cc1cccnc1NC(=O)C1CCCNC1. The third-order valence-electron chi connectivity index (χ3n) is 2.84. The van der Waals surface area contributed by atoms with Gasteiger partial charge in [-0.3, -0.25) is 4.79 Å². The number of hydrogen-bond donors (Lipinski definition) is 2. The summed E-state index contributed by atoms with van der Waals surface area (Å²) in [6, 6.07) is 5.33. The van der Waals surface area contributed by atoms with E-state index in [4.69, 9.17) is 5.26 Å². The summed E-state index contributed by atoms with van der Waals surface area (Å²) >= 11 is 0. The number of nitriles is 1. The number of carbonyl (C=O) groups is 1. The first kappa shape index (κ1) is 11.6. The zero-order valence-corrected chi connectivity index (χ0v) is 9.44. The lowest BCUT2D eigenvalue weighted by Gasteiger charge is -2.21. The molecule has 1 aromatic heterocycles. The molecule has 88 valence electrons. The number of nitrogens with one attached hydrogen (secondary N) is 2. The fourth-order valence-electron chi connectivity index (χ4n) is 1.89. The second kappa shape index (κ2) is 5.41. The van der Waals surface area contributed by atoms with Crippen molar-refractivity contribution in [1.29, 1.82) is 5.26 Å². The predicted molar refractivity (Wildman–Crippen MR) is 63.2 cm³/mol. The zero-order chi connectivity index (χ0) is 12.1. The molecule has 2 heterocycles. The van der Waals surface area contributed by atoms with E-state index >= 15 is 0 Å². The van der Waals surface area contributed by atoms with Crippen LogP contribution in [0.3, 0.4) is 0 Å². The first-order valence-electron chi connectivity index (χ1n) is 5.68. The fourth-order valence-corrected chi connectivity index (χ4v) is 1.89. The van der Waals surface area contributed by atoms with Gasteiger partial charge in [-0.25, -0.2) is 4.98 Å². The molecule has 0 radical (unpaired) electrons. The van der Waals surface area contributed by atoms with Crippen LogP contribution >= 0.6 is 0 Å². The molecule has 1 amide bonds. The quantitative estimate of drug-likeness (QED) is 0.791. The van der Waals surface area contributed by atoms with Gasteiger partial charge in [0.05, 0.1) is 11.5 Å². The molecule has 1 saturated heterocycles. The van der Waals surface area contributed by atoms with E-state index in [2.05, 4.69) is 15.6 Å². The van der Waals surface area contributed by atoms with Gasteiger partial charge >= 0.3 is 0 Å². The summed E-state index contributed by atoms with van der Waals surface area (Å²) < 4.78 is 0. The molecule has 2 N–H and O–H groups in total. The van der Waals surface area contributed by atoms with Crippen molar-refractivity contribution in [2.24, 2.45) is 5.92 Å². The number of nitrogens with zero attached hydrogens (tertiary/aromatic N) is 2. The highest BCUT2D eigenvalue weighted by Gasteiger charge is 2.21. The average Bonchev–Trinajstić information content (AvgIpc) is 2.40. The normalized spacial score (nSPS) is 19.4. The number of amides is 1. The molecule has 1 aliphatic rings. The Morgan fingerprint density at radius 3 is 3.24 bits per heavy atom. The van der Waals surface area contributed by atoms with Gasteiger partial charge in [-0.15, -0.1) is 0 Å². The summed E-state index contributed by atoms with van der Waals surface area (Å²) in [6.45, 7) is 1.66. The molecule has 1 fully saturated rings. The van der Waals surface area contributed by atoms with Crippen LogP contribution in [-0.2, 0) is 4.79 Å². The second-order valence-corrected chi connectivity index (χ2v) is 4.04. The van der Waals surface area contributed by atoms with E-state index in [9.17, 15) is 4.79 Å². The second-order valence-electron chi connectivity index (χ2n) is 4.04. The third kappa shape index (κ3) is 2.80. The van der Waals surface area contributed by atoms with Crippen LogP contribution < -0.4 is 10.6 Å². The Hall–Kier alpha value is -1.93. The highest BCUT2D eigenvalue weighted by atomic mass is 16.2. The van der Waals surface area contributed by atoms with Gasteiger partial charge < -0.3 is 10.6 Å². The van der Waals surface area contributed by atoms with E-state index in [1.807, 2.05) is 6.07 Å². The lowest BCUT2D eigenvalue weighted by molar-refractivity contribution is -0.120. The standard InChI is InChI=1S/C12H14N4O/c13-7-9-3-2-6-15-11(9)16-12(17)10-4-1-5-14-8-10/h2-3,6,10,14H,1,4-5,8H2,(H,15,16,17). The minimum absolute atomic E-state index is 0.0303. The molecule has 0 aliphatic carbocycles. The molecule has 1 aliphatic heterocycles. The molecule has 0 aromatic carbocycles. The van der Waals surface area contributed by atoms with Crippen LogP contribution in [0.4, 0.5) is 5.82 Å². The van der Waals surface area contributed by atoms with Crippen LogP contribution in [0.15, 0.2) is 18.3 Å². The number of aromatic nitrogens is 1. The number of hydrogen-bond acceptors (Lipinski definition) is 4. The number of pyridine rings is 1. The zero-order valence-electron chi connectivity index (χ0n) is 9.44. The van der Waals surface area contributed by atoms with Crippen LogP contribution in [0.5, 0.6) is 0 Å². The molecule has 17 heavy (non-hydrogen) atoms. The van der Waals surface area contributed by atoms with Crippen LogP contribution in [0.25, 0.3) is 0 Å². The van der Waals surface area contributed by atoms with Crippen LogP contribution in [-0.4, -0.2) is 24.0 Å². The van der Waals surface area contributed by atoms with Gasteiger partial charge in [0.15, 0.2) is 0 Å². The largest absolute Gasteiger partial charge is 0.316 e. The maximum absolute atomic E-state index is 11.9. The number of carbonyl (C=O) groups excluding carboxylic acids is 1. The Balaban J connectivity index is 2.05. The maximum atomic E-state index is 11.9. The molecular formula is C12H14N4O. The molecule has 1 aromatic rings. The van der Waals surface area contributed by atoms with Crippen molar-refractivity contribution in [3.63, 3.8) is 0 Å². The minimum Gasteiger partial charge on any atom is -0.316 e. The van der Waals surface area contributed by atoms with Gasteiger partial charge in [-0.2, -0.15) is 5.26 Å². The van der Waals surface area contributed by atoms with Gasteiger partial charge in [-0.1, -0.05) is 0 Å². The Morgan fingerprint density at radius 1 is 1.65 bits per heavy atom. The van der Waals surface area contributed by atoms with Crippen LogP contribution in [0.2, 0.25) is 0 Å². The molecular weight excluding hydrogens is 216 g/mol. The molecule has 1 atom stereocenters. The molecule has 1 unspecified atom stereocenters. The Labute approximate surface area is 99.9 Å². The van der Waals surface area contributed by atoms with Crippen LogP contribution in [0.1, 0.15) is 18.4 Å². The van der Waals surface area contributed by atoms with Gasteiger partial charge in [0.2, 0.25) is 5.91 Å². The van der Waals surface area contributed by atoms with E-state index < -0.39 is 0 Å². The topological polar surface area (TPSA) is 77.8 Å². The molecule has 5 heteroatoms. The summed E-state index contributed by atoms with van der Waals surface area (Å²) in [5, 5.41) is 14.8. The number of rotatable bonds is 2. The van der Waals surface area contributed by atoms with Gasteiger partial charge in [0.1, 0.15) is 11.9 Å². The molecule has 5 nitrogen and oxygen atoms in total. The van der Waals surface area contributed by atoms with Crippen molar-refractivity contribution < 1.29 is 4.79 Å². The number of anilines is 1. The van der Waals surface area contributed by atoms with Gasteiger partial charge in [-0.05, 0) is 31.5 Å². The highest BCUT2D eigenvalue weighted by molar-refractivity contribution is 5.92. The average molecular weight is 230 g/mol. The van der Waals surface area contributed by atoms with E-state index in [1.54, 1.807) is 18.3 Å². The van der Waals surface area contributed by atoms with E-state index in [1.165, 1.54) is 0 Å². The smallest absolute Gasteiger partial charge is 0.229 e. The Bertz CT molecular complexity index is 446. The van der Waals surface area contributed by atoms with Crippen LogP contribution in [0, 0.1) is 17.2 Å². The van der Waals surface area contributed by atoms with Crippen molar-refractivity contribution in [3.05, 3.63) is 23.9 Å². The van der Waals surface area contributed by atoms with E-state index in [-0.39, 0.29) is 11.8 Å². The lowest BCUT2D eigenvalue weighted by atomic mass is 9.99. The van der Waals surface area contributed by atoms with Crippen molar-refractivity contribution in [3.8, 4) is 6.07 Å². The summed E-state index contributed by atoms with van der Waals surface area (Å²) in [7, 11) is 0. The molecule has 2 rings (SSSR count). The predicted octanol–water partition coefficient (Wildman–Crippen LogP) is 0.891. The first-order valence-corrected chi connectivity index (χ1v) is 5.68. The Morgan fingerprint density at radius 2 is 2.53 bits per heavy atom. The Kier molecular flexibility index (Phi) is 3.68. The lowest BCUT2D eigenvalue weighted by Crippen LogP contribution is -2.37. The van der Waals surface area contributed by atoms with Crippen molar-refractivity contribution in [2.75, 3.05) is 18.4 Å². The molecule has 0 saturated carbocycles. The fraction of sp³-hybridized carbons (Fsp3) is 0.417. The van der Waals surface area contributed by atoms with Crippen molar-refractivity contribution in [1.82, 2.24) is 10.3 Å². The number of piperidine rings is 1.